The molecule has 0 aliphatic heterocycles. The SMILES string of the molecule is COC(=O)c1cc(Oc2ccc(Cl)cc2)ccc1O. The van der Waals surface area contributed by atoms with Crippen LogP contribution in [0.4, 0.5) is 0 Å². The molecule has 5 heteroatoms. The van der Waals surface area contributed by atoms with Gasteiger partial charge in [0.05, 0.1) is 7.11 Å². The first kappa shape index (κ1) is 13.2. The van der Waals surface area contributed by atoms with Crippen LogP contribution in [0.25, 0.3) is 0 Å². The highest BCUT2D eigenvalue weighted by atomic mass is 35.5. The van der Waals surface area contributed by atoms with Gasteiger partial charge in [0.15, 0.2) is 0 Å². The summed E-state index contributed by atoms with van der Waals surface area (Å²) in [5.41, 5.74) is 0.0500. The molecule has 4 nitrogen and oxygen atoms in total. The minimum Gasteiger partial charge on any atom is -0.507 e. The van der Waals surface area contributed by atoms with E-state index in [4.69, 9.17) is 16.3 Å². The van der Waals surface area contributed by atoms with Crippen LogP contribution in [0.5, 0.6) is 17.2 Å². The van der Waals surface area contributed by atoms with E-state index in [0.29, 0.717) is 16.5 Å². The van der Waals surface area contributed by atoms with Crippen LogP contribution >= 0.6 is 11.6 Å². The molecule has 19 heavy (non-hydrogen) atoms. The smallest absolute Gasteiger partial charge is 0.341 e. The van der Waals surface area contributed by atoms with Crippen LogP contribution in [0.2, 0.25) is 5.02 Å². The van der Waals surface area contributed by atoms with Gasteiger partial charge in [0.1, 0.15) is 22.8 Å². The fourth-order valence-electron chi connectivity index (χ4n) is 1.49. The number of halogens is 1. The Morgan fingerprint density at radius 1 is 1.11 bits per heavy atom. The van der Waals surface area contributed by atoms with Crippen molar-refractivity contribution in [1.82, 2.24) is 0 Å². The third-order valence-corrected chi connectivity index (χ3v) is 2.67. The lowest BCUT2D eigenvalue weighted by atomic mass is 10.2. The standard InChI is InChI=1S/C14H11ClO4/c1-18-14(17)12-8-11(6-7-13(12)16)19-10-4-2-9(15)3-5-10/h2-8,16H,1H3. The van der Waals surface area contributed by atoms with Gasteiger partial charge in [0.25, 0.3) is 0 Å². The lowest BCUT2D eigenvalue weighted by Crippen LogP contribution is -2.01. The molecule has 0 atom stereocenters. The molecule has 0 bridgehead atoms. The van der Waals surface area contributed by atoms with E-state index in [1.165, 1.54) is 19.2 Å². The molecule has 0 fully saturated rings. The van der Waals surface area contributed by atoms with Gasteiger partial charge in [-0.15, -0.1) is 0 Å². The Hall–Kier alpha value is -2.20. The minimum atomic E-state index is -0.626. The summed E-state index contributed by atoms with van der Waals surface area (Å²) in [7, 11) is 1.24. The molecule has 2 rings (SSSR count). The molecule has 2 aromatic carbocycles. The van der Waals surface area contributed by atoms with E-state index >= 15 is 0 Å². The van der Waals surface area contributed by atoms with Crippen molar-refractivity contribution in [1.29, 1.82) is 0 Å². The number of hydrogen-bond acceptors (Lipinski definition) is 4. The van der Waals surface area contributed by atoms with E-state index in [1.807, 2.05) is 0 Å². The second kappa shape index (κ2) is 5.63. The molecule has 2 aromatic rings. The highest BCUT2D eigenvalue weighted by molar-refractivity contribution is 6.30. The van der Waals surface area contributed by atoms with Crippen LogP contribution < -0.4 is 4.74 Å². The minimum absolute atomic E-state index is 0.0500. The summed E-state index contributed by atoms with van der Waals surface area (Å²) in [6.45, 7) is 0. The first-order chi connectivity index (χ1) is 9.10. The molecular weight excluding hydrogens is 268 g/mol. The number of hydrogen-bond donors (Lipinski definition) is 1. The lowest BCUT2D eigenvalue weighted by Gasteiger charge is -2.08. The van der Waals surface area contributed by atoms with Crippen molar-refractivity contribution in [2.75, 3.05) is 7.11 Å². The maximum Gasteiger partial charge on any atom is 0.341 e. The molecule has 0 spiro atoms. The number of carbonyl (C=O) groups is 1. The number of methoxy groups -OCH3 is 1. The van der Waals surface area contributed by atoms with Gasteiger partial charge >= 0.3 is 5.97 Å². The highest BCUT2D eigenvalue weighted by Gasteiger charge is 2.12. The van der Waals surface area contributed by atoms with Crippen LogP contribution in [0, 0.1) is 0 Å². The molecule has 98 valence electrons. The van der Waals surface area contributed by atoms with Crippen LogP contribution in [0.1, 0.15) is 10.4 Å². The zero-order valence-corrected chi connectivity index (χ0v) is 10.8. The molecule has 1 N–H and O–H groups in total. The number of carbonyl (C=O) groups excluding carboxylic acids is 1. The predicted octanol–water partition coefficient (Wildman–Crippen LogP) is 3.62. The van der Waals surface area contributed by atoms with E-state index in [9.17, 15) is 9.90 Å². The quantitative estimate of drug-likeness (QED) is 0.871. The van der Waals surface area contributed by atoms with Crippen molar-refractivity contribution in [3.8, 4) is 17.2 Å². The number of phenols is 1. The van der Waals surface area contributed by atoms with Gasteiger partial charge in [0.2, 0.25) is 0 Å². The van der Waals surface area contributed by atoms with E-state index in [0.717, 1.165) is 0 Å². The van der Waals surface area contributed by atoms with Crippen molar-refractivity contribution in [2.24, 2.45) is 0 Å². The van der Waals surface area contributed by atoms with Gasteiger partial charge in [-0.1, -0.05) is 11.6 Å². The van der Waals surface area contributed by atoms with E-state index in [-0.39, 0.29) is 11.3 Å². The molecule has 0 radical (unpaired) electrons. The molecular formula is C14H11ClO4. The molecule has 0 saturated heterocycles. The molecule has 0 amide bonds. The summed E-state index contributed by atoms with van der Waals surface area (Å²) in [4.78, 5) is 11.4. The molecule has 0 unspecified atom stereocenters. The van der Waals surface area contributed by atoms with Gasteiger partial charge in [-0.2, -0.15) is 0 Å². The summed E-state index contributed by atoms with van der Waals surface area (Å²) < 4.78 is 10.1. The second-order valence-corrected chi connectivity index (χ2v) is 4.16. The predicted molar refractivity (Wildman–Crippen MR) is 71.0 cm³/mol. The molecule has 0 heterocycles. The van der Waals surface area contributed by atoms with Crippen molar-refractivity contribution < 1.29 is 19.4 Å². The normalized spacial score (nSPS) is 10.0. The fraction of sp³-hybridized carbons (Fsp3) is 0.0714. The zero-order chi connectivity index (χ0) is 13.8. The van der Waals surface area contributed by atoms with Crippen LogP contribution in [0.15, 0.2) is 42.5 Å². The topological polar surface area (TPSA) is 55.8 Å². The summed E-state index contributed by atoms with van der Waals surface area (Å²) in [5.74, 6) is 0.209. The number of benzene rings is 2. The van der Waals surface area contributed by atoms with Crippen molar-refractivity contribution in [3.05, 3.63) is 53.1 Å². The third kappa shape index (κ3) is 3.17. The maximum absolute atomic E-state index is 11.4. The van der Waals surface area contributed by atoms with E-state index in [1.54, 1.807) is 30.3 Å². The fourth-order valence-corrected chi connectivity index (χ4v) is 1.62. The third-order valence-electron chi connectivity index (χ3n) is 2.42. The van der Waals surface area contributed by atoms with Crippen LogP contribution in [-0.4, -0.2) is 18.2 Å². The first-order valence-corrected chi connectivity index (χ1v) is 5.82. The summed E-state index contributed by atoms with van der Waals surface area (Å²) in [6, 6.07) is 11.1. The second-order valence-electron chi connectivity index (χ2n) is 3.73. The lowest BCUT2D eigenvalue weighted by molar-refractivity contribution is 0.0597. The Morgan fingerprint density at radius 3 is 2.37 bits per heavy atom. The first-order valence-electron chi connectivity index (χ1n) is 5.45. The van der Waals surface area contributed by atoms with Gasteiger partial charge < -0.3 is 14.6 Å². The van der Waals surface area contributed by atoms with Gasteiger partial charge in [-0.25, -0.2) is 4.79 Å². The Labute approximate surface area is 115 Å². The van der Waals surface area contributed by atoms with Gasteiger partial charge in [-0.3, -0.25) is 0 Å². The number of rotatable bonds is 3. The van der Waals surface area contributed by atoms with E-state index < -0.39 is 5.97 Å². The van der Waals surface area contributed by atoms with Crippen molar-refractivity contribution >= 4 is 17.6 Å². The molecule has 0 aromatic heterocycles. The molecule has 0 saturated carbocycles. The Morgan fingerprint density at radius 2 is 1.74 bits per heavy atom. The van der Waals surface area contributed by atoms with E-state index in [2.05, 4.69) is 4.74 Å². The van der Waals surface area contributed by atoms with Crippen LogP contribution in [0.3, 0.4) is 0 Å². The largest absolute Gasteiger partial charge is 0.507 e. The molecule has 0 aliphatic carbocycles. The maximum atomic E-state index is 11.4. The number of phenolic OH excluding ortho intramolecular Hbond substituents is 1. The average Bonchev–Trinajstić information content (AvgIpc) is 2.42. The Balaban J connectivity index is 2.26. The Bertz CT molecular complexity index is 593. The van der Waals surface area contributed by atoms with Crippen molar-refractivity contribution in [2.45, 2.75) is 0 Å². The van der Waals surface area contributed by atoms with Crippen molar-refractivity contribution in [3.63, 3.8) is 0 Å². The Kier molecular flexibility index (Phi) is 3.92. The summed E-state index contributed by atoms with van der Waals surface area (Å²) >= 11 is 5.77. The zero-order valence-electron chi connectivity index (χ0n) is 10.1. The summed E-state index contributed by atoms with van der Waals surface area (Å²) in [6.07, 6.45) is 0. The number of aromatic hydroxyl groups is 1. The van der Waals surface area contributed by atoms with Crippen LogP contribution in [-0.2, 0) is 4.74 Å². The van der Waals surface area contributed by atoms with Gasteiger partial charge in [-0.05, 0) is 42.5 Å². The molecule has 0 aliphatic rings. The number of ether oxygens (including phenoxy) is 2. The monoisotopic (exact) mass is 278 g/mol. The van der Waals surface area contributed by atoms with Gasteiger partial charge in [0, 0.05) is 5.02 Å². The highest BCUT2D eigenvalue weighted by Crippen LogP contribution is 2.28. The number of esters is 1. The summed E-state index contributed by atoms with van der Waals surface area (Å²) in [5, 5.41) is 10.2. The average molecular weight is 279 g/mol.